The van der Waals surface area contributed by atoms with Gasteiger partial charge < -0.3 is 9.84 Å². The molecule has 0 aliphatic carbocycles. The molecule has 0 bridgehead atoms. The number of carbonyl (C=O) groups excluding carboxylic acids is 1. The van der Waals surface area contributed by atoms with Gasteiger partial charge in [0.15, 0.2) is 0 Å². The lowest BCUT2D eigenvalue weighted by molar-refractivity contribution is -0.385. The molecule has 0 aliphatic heterocycles. The number of hydrogen-bond donors (Lipinski definition) is 1. The van der Waals surface area contributed by atoms with Gasteiger partial charge in [0.1, 0.15) is 17.3 Å². The third-order valence-corrected chi connectivity index (χ3v) is 3.47. The molecule has 0 aliphatic rings. The fourth-order valence-electron chi connectivity index (χ4n) is 2.30. The molecular weight excluding hydrogens is 300 g/mol. The summed E-state index contributed by atoms with van der Waals surface area (Å²) in [6.45, 7) is 5.40. The Labute approximate surface area is 133 Å². The van der Waals surface area contributed by atoms with Gasteiger partial charge in [0.2, 0.25) is 5.91 Å². The lowest BCUT2D eigenvalue weighted by atomic mass is 10.1. The van der Waals surface area contributed by atoms with E-state index in [0.717, 1.165) is 11.3 Å². The average molecular weight is 318 g/mol. The second kappa shape index (κ2) is 6.99. The predicted octanol–water partition coefficient (Wildman–Crippen LogP) is 2.59. The van der Waals surface area contributed by atoms with Crippen LogP contribution in [0.15, 0.2) is 16.7 Å². The maximum atomic E-state index is 12.2. The van der Waals surface area contributed by atoms with Gasteiger partial charge in [-0.15, -0.1) is 0 Å². The number of pyridine rings is 1. The van der Waals surface area contributed by atoms with Crippen LogP contribution < -0.4 is 5.32 Å². The van der Waals surface area contributed by atoms with Gasteiger partial charge in [0.05, 0.1) is 17.0 Å². The van der Waals surface area contributed by atoms with Crippen molar-refractivity contribution < 1.29 is 14.2 Å². The molecule has 23 heavy (non-hydrogen) atoms. The van der Waals surface area contributed by atoms with Crippen LogP contribution in [0.1, 0.15) is 36.6 Å². The predicted molar refractivity (Wildman–Crippen MR) is 83.2 cm³/mol. The van der Waals surface area contributed by atoms with Crippen molar-refractivity contribution in [1.29, 1.82) is 0 Å². The third kappa shape index (κ3) is 3.71. The molecule has 8 heteroatoms. The fraction of sp³-hybridized carbons (Fsp3) is 0.400. The Kier molecular flexibility index (Phi) is 5.05. The number of amides is 1. The molecule has 2 aromatic heterocycles. The van der Waals surface area contributed by atoms with Gasteiger partial charge in [0.25, 0.3) is 5.69 Å². The Hall–Kier alpha value is -2.77. The van der Waals surface area contributed by atoms with Gasteiger partial charge in [-0.2, -0.15) is 0 Å². The molecular formula is C15H18N4O4. The average Bonchev–Trinajstić information content (AvgIpc) is 2.88. The number of rotatable bonds is 6. The van der Waals surface area contributed by atoms with Crippen molar-refractivity contribution in [3.63, 3.8) is 0 Å². The van der Waals surface area contributed by atoms with E-state index < -0.39 is 4.92 Å². The molecule has 0 radical (unpaired) electrons. The van der Waals surface area contributed by atoms with Crippen molar-refractivity contribution >= 4 is 17.4 Å². The molecule has 2 aromatic rings. The minimum Gasteiger partial charge on any atom is -0.361 e. The van der Waals surface area contributed by atoms with E-state index >= 15 is 0 Å². The lowest BCUT2D eigenvalue weighted by Gasteiger charge is -2.06. The first-order valence-electron chi connectivity index (χ1n) is 7.34. The summed E-state index contributed by atoms with van der Waals surface area (Å²) in [5.74, 6) is 0.717. The Balaban J connectivity index is 2.13. The Morgan fingerprint density at radius 3 is 2.65 bits per heavy atom. The quantitative estimate of drug-likeness (QED) is 0.647. The van der Waals surface area contributed by atoms with Gasteiger partial charge in [-0.05, 0) is 19.4 Å². The molecule has 8 nitrogen and oxygen atoms in total. The van der Waals surface area contributed by atoms with Crippen LogP contribution in [0.2, 0.25) is 0 Å². The highest BCUT2D eigenvalue weighted by Crippen LogP contribution is 2.19. The molecule has 2 heterocycles. The number of nitrogens with zero attached hydrogens (tertiary/aromatic N) is 3. The summed E-state index contributed by atoms with van der Waals surface area (Å²) in [6.07, 6.45) is 1.47. The van der Waals surface area contributed by atoms with E-state index in [0.29, 0.717) is 18.6 Å². The maximum Gasteiger partial charge on any atom is 0.290 e. The second-order valence-corrected chi connectivity index (χ2v) is 5.02. The van der Waals surface area contributed by atoms with Crippen LogP contribution in [-0.2, 0) is 24.1 Å². The number of nitro groups is 1. The van der Waals surface area contributed by atoms with Gasteiger partial charge in [0, 0.05) is 18.1 Å². The first-order chi connectivity index (χ1) is 11.0. The molecule has 122 valence electrons. The largest absolute Gasteiger partial charge is 0.361 e. The number of aromatic nitrogens is 2. The van der Waals surface area contributed by atoms with Crippen molar-refractivity contribution in [3.05, 3.63) is 45.0 Å². The first kappa shape index (κ1) is 16.6. The number of carbonyl (C=O) groups is 1. The van der Waals surface area contributed by atoms with Gasteiger partial charge >= 0.3 is 0 Å². The summed E-state index contributed by atoms with van der Waals surface area (Å²) >= 11 is 0. The van der Waals surface area contributed by atoms with E-state index in [4.69, 9.17) is 4.52 Å². The first-order valence-corrected chi connectivity index (χ1v) is 7.34. The van der Waals surface area contributed by atoms with Crippen LogP contribution in [0.25, 0.3) is 0 Å². The summed E-state index contributed by atoms with van der Waals surface area (Å²) in [4.78, 5) is 26.5. The van der Waals surface area contributed by atoms with Crippen LogP contribution in [-0.4, -0.2) is 21.0 Å². The van der Waals surface area contributed by atoms with Crippen LogP contribution >= 0.6 is 0 Å². The number of anilines is 1. The Morgan fingerprint density at radius 1 is 1.35 bits per heavy atom. The normalized spacial score (nSPS) is 10.6. The summed E-state index contributed by atoms with van der Waals surface area (Å²) in [5, 5.41) is 17.4. The third-order valence-electron chi connectivity index (χ3n) is 3.47. The second-order valence-electron chi connectivity index (χ2n) is 5.02. The summed E-state index contributed by atoms with van der Waals surface area (Å²) in [7, 11) is 0. The monoisotopic (exact) mass is 318 g/mol. The van der Waals surface area contributed by atoms with E-state index in [-0.39, 0.29) is 29.5 Å². The van der Waals surface area contributed by atoms with Crippen LogP contribution in [0, 0.1) is 17.0 Å². The maximum absolute atomic E-state index is 12.2. The van der Waals surface area contributed by atoms with E-state index in [1.807, 2.05) is 13.8 Å². The molecule has 1 N–H and O–H groups in total. The van der Waals surface area contributed by atoms with Crippen LogP contribution in [0.5, 0.6) is 0 Å². The van der Waals surface area contributed by atoms with Crippen molar-refractivity contribution in [1.82, 2.24) is 10.1 Å². The zero-order chi connectivity index (χ0) is 17.0. The number of nitrogens with one attached hydrogen (secondary N) is 1. The Bertz CT molecular complexity index is 718. The summed E-state index contributed by atoms with van der Waals surface area (Å²) in [6, 6.07) is 2.74. The highest BCUT2D eigenvalue weighted by atomic mass is 16.6. The smallest absolute Gasteiger partial charge is 0.290 e. The highest BCUT2D eigenvalue weighted by molar-refractivity contribution is 5.91. The van der Waals surface area contributed by atoms with Crippen LogP contribution in [0.3, 0.4) is 0 Å². The SMILES string of the molecule is CCc1noc(CC)c1CC(=O)Nc1ccc([N+](=O)[O-])c(C)n1. The van der Waals surface area contributed by atoms with E-state index in [1.165, 1.54) is 19.1 Å². The Morgan fingerprint density at radius 2 is 2.09 bits per heavy atom. The highest BCUT2D eigenvalue weighted by Gasteiger charge is 2.18. The van der Waals surface area contributed by atoms with E-state index in [9.17, 15) is 14.9 Å². The topological polar surface area (TPSA) is 111 Å². The van der Waals surface area contributed by atoms with Crippen molar-refractivity contribution in [2.24, 2.45) is 0 Å². The molecule has 2 rings (SSSR count). The van der Waals surface area contributed by atoms with Crippen molar-refractivity contribution in [3.8, 4) is 0 Å². The minimum atomic E-state index is -0.508. The molecule has 1 amide bonds. The molecule has 0 atom stereocenters. The van der Waals surface area contributed by atoms with Gasteiger partial charge in [-0.1, -0.05) is 19.0 Å². The van der Waals surface area contributed by atoms with Crippen molar-refractivity contribution in [2.45, 2.75) is 40.0 Å². The number of hydrogen-bond acceptors (Lipinski definition) is 6. The molecule has 0 unspecified atom stereocenters. The van der Waals surface area contributed by atoms with E-state index in [1.54, 1.807) is 0 Å². The standard InChI is InChI=1S/C15H18N4O4/c1-4-11-10(13(5-2)23-18-11)8-15(20)17-14-7-6-12(19(21)22)9(3)16-14/h6-7H,4-5,8H2,1-3H3,(H,16,17,20). The fourth-order valence-corrected chi connectivity index (χ4v) is 2.30. The molecule has 0 saturated heterocycles. The summed E-state index contributed by atoms with van der Waals surface area (Å²) in [5.41, 5.74) is 1.74. The zero-order valence-electron chi connectivity index (χ0n) is 13.3. The molecule has 0 spiro atoms. The molecule has 0 fully saturated rings. The lowest BCUT2D eigenvalue weighted by Crippen LogP contribution is -2.17. The molecule has 0 aromatic carbocycles. The molecule has 0 saturated carbocycles. The minimum absolute atomic E-state index is 0.0800. The van der Waals surface area contributed by atoms with Gasteiger partial charge in [-0.3, -0.25) is 14.9 Å². The summed E-state index contributed by atoms with van der Waals surface area (Å²) < 4.78 is 5.23. The zero-order valence-corrected chi connectivity index (χ0v) is 13.3. The number of aryl methyl sites for hydroxylation is 3. The van der Waals surface area contributed by atoms with E-state index in [2.05, 4.69) is 15.5 Å². The van der Waals surface area contributed by atoms with Gasteiger partial charge in [-0.25, -0.2) is 4.98 Å². The van der Waals surface area contributed by atoms with Crippen LogP contribution in [0.4, 0.5) is 11.5 Å². The van der Waals surface area contributed by atoms with Crippen molar-refractivity contribution in [2.75, 3.05) is 5.32 Å².